The Bertz CT molecular complexity index is 792. The molecule has 8 heteroatoms. The summed E-state index contributed by atoms with van der Waals surface area (Å²) in [4.78, 5) is 11.4. The van der Waals surface area contributed by atoms with E-state index < -0.39 is 5.91 Å². The first-order valence-corrected chi connectivity index (χ1v) is 9.25. The fourth-order valence-corrected chi connectivity index (χ4v) is 4.26. The van der Waals surface area contributed by atoms with Crippen LogP contribution in [0.15, 0.2) is 23.8 Å². The van der Waals surface area contributed by atoms with Crippen LogP contribution in [0.4, 0.5) is 0 Å². The SMILES string of the molecule is COc1cc(C2NNC3CCC(/C=C(\C#N)C(N)=O)CC32)cc(OC)c1OC. The second-order valence-electron chi connectivity index (χ2n) is 7.12. The highest BCUT2D eigenvalue weighted by molar-refractivity contribution is 5.95. The summed E-state index contributed by atoms with van der Waals surface area (Å²) in [5, 5.41) is 9.13. The molecule has 3 rings (SSSR count). The Labute approximate surface area is 164 Å². The fourth-order valence-electron chi connectivity index (χ4n) is 4.26. The number of carbonyl (C=O) groups excluding carboxylic acids is 1. The molecule has 0 radical (unpaired) electrons. The smallest absolute Gasteiger partial charge is 0.259 e. The third-order valence-corrected chi connectivity index (χ3v) is 5.63. The molecule has 0 bridgehead atoms. The van der Waals surface area contributed by atoms with Crippen LogP contribution in [-0.4, -0.2) is 33.3 Å². The Hall–Kier alpha value is -2.76. The molecule has 2 aliphatic rings. The number of hydrogen-bond donors (Lipinski definition) is 3. The molecule has 1 aromatic rings. The van der Waals surface area contributed by atoms with Gasteiger partial charge in [0.1, 0.15) is 11.6 Å². The van der Waals surface area contributed by atoms with Gasteiger partial charge in [-0.25, -0.2) is 5.43 Å². The van der Waals surface area contributed by atoms with Crippen LogP contribution in [-0.2, 0) is 4.79 Å². The van der Waals surface area contributed by atoms with E-state index in [1.54, 1.807) is 27.4 Å². The maximum atomic E-state index is 11.4. The van der Waals surface area contributed by atoms with Crippen molar-refractivity contribution in [2.24, 2.45) is 17.6 Å². The van der Waals surface area contributed by atoms with Crippen LogP contribution in [0.25, 0.3) is 0 Å². The monoisotopic (exact) mass is 386 g/mol. The van der Waals surface area contributed by atoms with Gasteiger partial charge in [0, 0.05) is 6.04 Å². The molecule has 0 spiro atoms. The van der Waals surface area contributed by atoms with Crippen LogP contribution in [0.1, 0.15) is 30.9 Å². The first-order chi connectivity index (χ1) is 13.5. The first kappa shape index (κ1) is 20.0. The summed E-state index contributed by atoms with van der Waals surface area (Å²) in [7, 11) is 4.77. The Morgan fingerprint density at radius 1 is 1.18 bits per heavy atom. The van der Waals surface area contributed by atoms with Crippen molar-refractivity contribution in [3.8, 4) is 23.3 Å². The van der Waals surface area contributed by atoms with Gasteiger partial charge in [-0.1, -0.05) is 6.08 Å². The topological polar surface area (TPSA) is 119 Å². The lowest BCUT2D eigenvalue weighted by Gasteiger charge is -2.32. The Morgan fingerprint density at radius 3 is 2.39 bits per heavy atom. The summed E-state index contributed by atoms with van der Waals surface area (Å²) < 4.78 is 16.4. The molecule has 4 N–H and O–H groups in total. The molecule has 4 unspecified atom stereocenters. The summed E-state index contributed by atoms with van der Waals surface area (Å²) in [6, 6.07) is 6.15. The molecule has 1 saturated carbocycles. The quantitative estimate of drug-likeness (QED) is 0.502. The van der Waals surface area contributed by atoms with Crippen LogP contribution < -0.4 is 30.8 Å². The zero-order valence-corrected chi connectivity index (χ0v) is 16.3. The number of hydrogen-bond acceptors (Lipinski definition) is 7. The Balaban J connectivity index is 1.88. The van der Waals surface area contributed by atoms with Crippen LogP contribution in [0, 0.1) is 23.2 Å². The Kier molecular flexibility index (Phi) is 6.07. The third kappa shape index (κ3) is 3.77. The van der Waals surface area contributed by atoms with Gasteiger partial charge in [-0.05, 0) is 48.8 Å². The molecule has 4 atom stereocenters. The second kappa shape index (κ2) is 8.50. The van der Waals surface area contributed by atoms with Crippen LogP contribution in [0.3, 0.4) is 0 Å². The lowest BCUT2D eigenvalue weighted by Crippen LogP contribution is -2.35. The lowest BCUT2D eigenvalue weighted by molar-refractivity contribution is -0.114. The van der Waals surface area contributed by atoms with Crippen LogP contribution in [0.2, 0.25) is 0 Å². The van der Waals surface area contributed by atoms with Gasteiger partial charge in [0.05, 0.1) is 27.4 Å². The minimum absolute atomic E-state index is 0.0340. The van der Waals surface area contributed by atoms with Crippen molar-refractivity contribution < 1.29 is 19.0 Å². The van der Waals surface area contributed by atoms with E-state index in [1.807, 2.05) is 18.2 Å². The number of hydrazine groups is 1. The molecule has 28 heavy (non-hydrogen) atoms. The Morgan fingerprint density at radius 2 is 1.86 bits per heavy atom. The number of amides is 1. The summed E-state index contributed by atoms with van der Waals surface area (Å²) >= 11 is 0. The number of nitrogens with zero attached hydrogens (tertiary/aromatic N) is 1. The van der Waals surface area contributed by atoms with Crippen molar-refractivity contribution in [2.75, 3.05) is 21.3 Å². The molecule has 8 nitrogen and oxygen atoms in total. The number of carbonyl (C=O) groups is 1. The zero-order chi connectivity index (χ0) is 20.3. The van der Waals surface area contributed by atoms with Crippen LogP contribution in [0.5, 0.6) is 17.2 Å². The molecule has 1 aromatic carbocycles. The van der Waals surface area contributed by atoms with E-state index >= 15 is 0 Å². The molecule has 1 saturated heterocycles. The maximum absolute atomic E-state index is 11.4. The van der Waals surface area contributed by atoms with Gasteiger partial charge in [0.25, 0.3) is 5.91 Å². The number of nitrogens with two attached hydrogens (primary N) is 1. The minimum Gasteiger partial charge on any atom is -0.493 e. The van der Waals surface area contributed by atoms with Crippen molar-refractivity contribution in [3.63, 3.8) is 0 Å². The van der Waals surface area contributed by atoms with E-state index in [0.29, 0.717) is 23.3 Å². The highest BCUT2D eigenvalue weighted by Crippen LogP contribution is 2.45. The molecule has 1 amide bonds. The van der Waals surface area contributed by atoms with Crippen LogP contribution >= 0.6 is 0 Å². The molecular formula is C20H26N4O4. The number of methoxy groups -OCH3 is 3. The van der Waals surface area contributed by atoms with E-state index in [4.69, 9.17) is 25.2 Å². The first-order valence-electron chi connectivity index (χ1n) is 9.25. The number of fused-ring (bicyclic) bond motifs is 1. The van der Waals surface area contributed by atoms with E-state index in [1.165, 1.54) is 0 Å². The highest BCUT2D eigenvalue weighted by atomic mass is 16.5. The summed E-state index contributed by atoms with van der Waals surface area (Å²) in [6.07, 6.45) is 4.40. The highest BCUT2D eigenvalue weighted by Gasteiger charge is 2.41. The standard InChI is InChI=1S/C20H26N4O4/c1-26-16-8-12(9-17(27-2)19(16)28-3)18-14-7-11(4-5-15(14)23-24-18)6-13(10-21)20(22)25/h6,8-9,11,14-15,18,23-24H,4-5,7H2,1-3H3,(H2,22,25)/b13-6+. The van der Waals surface area contributed by atoms with Gasteiger partial charge in [-0.2, -0.15) is 5.26 Å². The number of rotatable bonds is 6. The van der Waals surface area contributed by atoms with Gasteiger partial charge in [-0.3, -0.25) is 10.2 Å². The molecule has 150 valence electrons. The lowest BCUT2D eigenvalue weighted by atomic mass is 9.74. The summed E-state index contributed by atoms with van der Waals surface area (Å²) in [5.41, 5.74) is 13.1. The van der Waals surface area contributed by atoms with Crippen molar-refractivity contribution in [1.29, 1.82) is 5.26 Å². The number of benzene rings is 1. The maximum Gasteiger partial charge on any atom is 0.259 e. The fraction of sp³-hybridized carbons (Fsp3) is 0.500. The van der Waals surface area contributed by atoms with Gasteiger partial charge >= 0.3 is 0 Å². The number of allylic oxidation sites excluding steroid dienone is 1. The normalized spacial score (nSPS) is 26.9. The molecule has 2 fully saturated rings. The molecular weight excluding hydrogens is 360 g/mol. The summed E-state index contributed by atoms with van der Waals surface area (Å²) in [6.45, 7) is 0. The average Bonchev–Trinajstić information content (AvgIpc) is 3.13. The number of primary amides is 1. The molecule has 1 aliphatic carbocycles. The zero-order valence-electron chi connectivity index (χ0n) is 16.3. The number of ether oxygens (including phenoxy) is 3. The second-order valence-corrected chi connectivity index (χ2v) is 7.12. The molecule has 0 aromatic heterocycles. The number of nitriles is 1. The van der Waals surface area contributed by atoms with E-state index in [-0.39, 0.29) is 23.5 Å². The van der Waals surface area contributed by atoms with Crippen molar-refractivity contribution >= 4 is 5.91 Å². The van der Waals surface area contributed by atoms with Gasteiger partial charge in [0.2, 0.25) is 5.75 Å². The average molecular weight is 386 g/mol. The van der Waals surface area contributed by atoms with Gasteiger partial charge < -0.3 is 19.9 Å². The summed E-state index contributed by atoms with van der Waals surface area (Å²) in [5.74, 6) is 1.51. The minimum atomic E-state index is -0.673. The van der Waals surface area contributed by atoms with E-state index in [9.17, 15) is 4.79 Å². The van der Waals surface area contributed by atoms with Crippen molar-refractivity contribution in [2.45, 2.75) is 31.3 Å². The van der Waals surface area contributed by atoms with Crippen molar-refractivity contribution in [3.05, 3.63) is 29.3 Å². The van der Waals surface area contributed by atoms with E-state index in [2.05, 4.69) is 10.9 Å². The largest absolute Gasteiger partial charge is 0.493 e. The van der Waals surface area contributed by atoms with Crippen molar-refractivity contribution in [1.82, 2.24) is 10.9 Å². The molecule has 1 aliphatic heterocycles. The predicted molar refractivity (Wildman–Crippen MR) is 103 cm³/mol. The number of nitrogens with one attached hydrogen (secondary N) is 2. The third-order valence-electron chi connectivity index (χ3n) is 5.63. The molecule has 1 heterocycles. The van der Waals surface area contributed by atoms with Gasteiger partial charge in [-0.15, -0.1) is 0 Å². The van der Waals surface area contributed by atoms with Gasteiger partial charge in [0.15, 0.2) is 11.5 Å². The predicted octanol–water partition coefficient (Wildman–Crippen LogP) is 1.58. The van der Waals surface area contributed by atoms with E-state index in [0.717, 1.165) is 24.8 Å².